The number of thioether (sulfide) groups is 1. The summed E-state index contributed by atoms with van der Waals surface area (Å²) >= 11 is 1.07. The summed E-state index contributed by atoms with van der Waals surface area (Å²) < 4.78 is 5.04. The number of H-pyrrole nitrogens is 1. The number of carbonyl (C=O) groups is 1. The van der Waals surface area contributed by atoms with Crippen molar-refractivity contribution >= 4 is 17.7 Å². The highest BCUT2D eigenvalue weighted by Crippen LogP contribution is 2.22. The molecular formula is C17H17N3O3S. The molecule has 1 aromatic heterocycles. The number of nitrogens with zero attached hydrogens (tertiary/aromatic N) is 2. The van der Waals surface area contributed by atoms with Crippen molar-refractivity contribution in [3.05, 3.63) is 45.7 Å². The minimum absolute atomic E-state index is 0.0281. The van der Waals surface area contributed by atoms with E-state index in [0.717, 1.165) is 17.3 Å². The Balaban J connectivity index is 2.32. The highest BCUT2D eigenvalue weighted by atomic mass is 32.2. The lowest BCUT2D eigenvalue weighted by molar-refractivity contribution is -0.144. The first-order chi connectivity index (χ1) is 11.4. The van der Waals surface area contributed by atoms with Crippen LogP contribution in [-0.2, 0) is 9.53 Å². The van der Waals surface area contributed by atoms with Gasteiger partial charge in [0, 0.05) is 5.56 Å². The minimum atomic E-state index is -0.525. The lowest BCUT2D eigenvalue weighted by Crippen LogP contribution is -2.17. The molecule has 0 fully saturated rings. The van der Waals surface area contributed by atoms with Gasteiger partial charge in [0.15, 0.2) is 5.16 Å². The van der Waals surface area contributed by atoms with Crippen LogP contribution in [-0.4, -0.2) is 27.8 Å². The molecule has 7 heteroatoms. The van der Waals surface area contributed by atoms with Crippen LogP contribution in [0.4, 0.5) is 0 Å². The lowest BCUT2D eigenvalue weighted by atomic mass is 10.1. The number of aryl methyl sites for hydroxylation is 1. The van der Waals surface area contributed by atoms with Crippen LogP contribution in [0.3, 0.4) is 0 Å². The summed E-state index contributed by atoms with van der Waals surface area (Å²) in [6.07, 6.45) is -0.200. The van der Waals surface area contributed by atoms with Gasteiger partial charge in [-0.1, -0.05) is 41.6 Å². The van der Waals surface area contributed by atoms with Crippen LogP contribution in [0, 0.1) is 18.3 Å². The van der Waals surface area contributed by atoms with Crippen LogP contribution < -0.4 is 5.56 Å². The van der Waals surface area contributed by atoms with Crippen molar-refractivity contribution in [3.63, 3.8) is 0 Å². The first-order valence-electron chi connectivity index (χ1n) is 7.34. The maximum Gasteiger partial charge on any atom is 0.316 e. The Kier molecular flexibility index (Phi) is 5.77. The molecular weight excluding hydrogens is 326 g/mol. The Morgan fingerprint density at radius 1 is 1.38 bits per heavy atom. The first-order valence-corrected chi connectivity index (χ1v) is 8.33. The van der Waals surface area contributed by atoms with Crippen molar-refractivity contribution in [2.75, 3.05) is 5.75 Å². The predicted molar refractivity (Wildman–Crippen MR) is 91.7 cm³/mol. The normalized spacial score (nSPS) is 10.5. The minimum Gasteiger partial charge on any atom is -0.462 e. The summed E-state index contributed by atoms with van der Waals surface area (Å²) in [5.41, 5.74) is 1.47. The number of hydrogen-bond donors (Lipinski definition) is 1. The number of aromatic amines is 1. The van der Waals surface area contributed by atoms with Gasteiger partial charge in [-0.15, -0.1) is 0 Å². The second-order valence-corrected chi connectivity index (χ2v) is 6.36. The maximum atomic E-state index is 12.1. The molecule has 0 aliphatic carbocycles. The fourth-order valence-corrected chi connectivity index (χ4v) is 2.61. The highest BCUT2D eigenvalue weighted by Gasteiger charge is 2.15. The van der Waals surface area contributed by atoms with E-state index in [1.165, 1.54) is 0 Å². The maximum absolute atomic E-state index is 12.1. The average molecular weight is 343 g/mol. The van der Waals surface area contributed by atoms with E-state index in [9.17, 15) is 14.9 Å². The first kappa shape index (κ1) is 17.8. The second-order valence-electron chi connectivity index (χ2n) is 5.40. The summed E-state index contributed by atoms with van der Waals surface area (Å²) in [5.74, 6) is -0.362. The molecule has 1 aromatic carbocycles. The number of esters is 1. The van der Waals surface area contributed by atoms with Crippen LogP contribution >= 0.6 is 11.8 Å². The SMILES string of the molecule is Cc1ccc(-c2nc(SCC(=O)OC(C)C)[nH]c(=O)c2C#N)cc1. The smallest absolute Gasteiger partial charge is 0.316 e. The zero-order valence-corrected chi connectivity index (χ0v) is 14.4. The van der Waals surface area contributed by atoms with Gasteiger partial charge in [-0.25, -0.2) is 4.98 Å². The molecule has 0 amide bonds. The average Bonchev–Trinajstić information content (AvgIpc) is 2.52. The van der Waals surface area contributed by atoms with Gasteiger partial charge < -0.3 is 9.72 Å². The largest absolute Gasteiger partial charge is 0.462 e. The zero-order chi connectivity index (χ0) is 17.7. The van der Waals surface area contributed by atoms with Gasteiger partial charge in [0.25, 0.3) is 5.56 Å². The summed E-state index contributed by atoms with van der Waals surface area (Å²) in [4.78, 5) is 30.6. The van der Waals surface area contributed by atoms with Crippen molar-refractivity contribution in [2.24, 2.45) is 0 Å². The van der Waals surface area contributed by atoms with Crippen molar-refractivity contribution in [3.8, 4) is 17.3 Å². The van der Waals surface area contributed by atoms with E-state index in [0.29, 0.717) is 11.3 Å². The zero-order valence-electron chi connectivity index (χ0n) is 13.6. The molecule has 24 heavy (non-hydrogen) atoms. The molecule has 0 saturated heterocycles. The van der Waals surface area contributed by atoms with Gasteiger partial charge in [-0.3, -0.25) is 9.59 Å². The number of carbonyl (C=O) groups excluding carboxylic acids is 1. The third kappa shape index (κ3) is 4.46. The van der Waals surface area contributed by atoms with Gasteiger partial charge >= 0.3 is 5.97 Å². The van der Waals surface area contributed by atoms with Gasteiger partial charge in [0.1, 0.15) is 11.6 Å². The number of benzene rings is 1. The third-order valence-electron chi connectivity index (χ3n) is 3.03. The molecule has 1 heterocycles. The summed E-state index contributed by atoms with van der Waals surface area (Å²) in [6.45, 7) is 5.47. The van der Waals surface area contributed by atoms with Crippen LogP contribution in [0.1, 0.15) is 25.0 Å². The molecule has 0 bridgehead atoms. The van der Waals surface area contributed by atoms with Gasteiger partial charge in [-0.05, 0) is 20.8 Å². The second kappa shape index (κ2) is 7.79. The van der Waals surface area contributed by atoms with E-state index in [2.05, 4.69) is 9.97 Å². The molecule has 0 radical (unpaired) electrons. The van der Waals surface area contributed by atoms with Crippen molar-refractivity contribution in [1.82, 2.24) is 9.97 Å². The molecule has 0 atom stereocenters. The van der Waals surface area contributed by atoms with Crippen LogP contribution in [0.5, 0.6) is 0 Å². The number of aromatic nitrogens is 2. The predicted octanol–water partition coefficient (Wildman–Crippen LogP) is 2.66. The number of rotatable bonds is 5. The molecule has 0 unspecified atom stereocenters. The molecule has 0 spiro atoms. The van der Waals surface area contributed by atoms with Crippen molar-refractivity contribution in [2.45, 2.75) is 32.0 Å². The van der Waals surface area contributed by atoms with E-state index < -0.39 is 5.56 Å². The lowest BCUT2D eigenvalue weighted by Gasteiger charge is -2.08. The van der Waals surface area contributed by atoms with Gasteiger partial charge in [0.05, 0.1) is 17.6 Å². The van der Waals surface area contributed by atoms with Crippen molar-refractivity contribution < 1.29 is 9.53 Å². The molecule has 0 saturated carbocycles. The Hall–Kier alpha value is -2.59. The third-order valence-corrected chi connectivity index (χ3v) is 3.88. The molecule has 0 aliphatic heterocycles. The number of nitriles is 1. The summed E-state index contributed by atoms with van der Waals surface area (Å²) in [7, 11) is 0. The van der Waals surface area contributed by atoms with E-state index >= 15 is 0 Å². The number of hydrogen-bond acceptors (Lipinski definition) is 6. The topological polar surface area (TPSA) is 95.8 Å². The monoisotopic (exact) mass is 343 g/mol. The van der Waals surface area contributed by atoms with Crippen LogP contribution in [0.15, 0.2) is 34.2 Å². The van der Waals surface area contributed by atoms with Crippen LogP contribution in [0.2, 0.25) is 0 Å². The quantitative estimate of drug-likeness (QED) is 0.509. The van der Waals surface area contributed by atoms with E-state index in [4.69, 9.17) is 4.74 Å². The number of ether oxygens (including phenoxy) is 1. The molecule has 6 nitrogen and oxygen atoms in total. The van der Waals surface area contributed by atoms with Gasteiger partial charge in [0.2, 0.25) is 0 Å². The van der Waals surface area contributed by atoms with Crippen molar-refractivity contribution in [1.29, 1.82) is 5.26 Å². The molecule has 1 N–H and O–H groups in total. The Labute approximate surface area is 143 Å². The Bertz CT molecular complexity index is 836. The summed E-state index contributed by atoms with van der Waals surface area (Å²) in [5, 5.41) is 9.51. The van der Waals surface area contributed by atoms with Crippen LogP contribution in [0.25, 0.3) is 11.3 Å². The standard InChI is InChI=1S/C17H17N3O3S/c1-10(2)23-14(21)9-24-17-19-15(13(8-18)16(22)20-17)12-6-4-11(3)5-7-12/h4-7,10H,9H2,1-3H3,(H,19,20,22). The number of nitrogens with one attached hydrogen (secondary N) is 1. The van der Waals surface area contributed by atoms with E-state index in [-0.39, 0.29) is 28.5 Å². The Morgan fingerprint density at radius 2 is 2.04 bits per heavy atom. The molecule has 2 rings (SSSR count). The van der Waals surface area contributed by atoms with E-state index in [1.54, 1.807) is 26.0 Å². The summed E-state index contributed by atoms with van der Waals surface area (Å²) in [6, 6.07) is 9.26. The molecule has 124 valence electrons. The molecule has 0 aliphatic rings. The van der Waals surface area contributed by atoms with Gasteiger partial charge in [-0.2, -0.15) is 5.26 Å². The molecule has 2 aromatic rings. The fourth-order valence-electron chi connectivity index (χ4n) is 1.97. The fraction of sp³-hybridized carbons (Fsp3) is 0.294. The Morgan fingerprint density at radius 3 is 2.62 bits per heavy atom. The highest BCUT2D eigenvalue weighted by molar-refractivity contribution is 7.99. The van der Waals surface area contributed by atoms with E-state index in [1.807, 2.05) is 25.1 Å².